The number of halogens is 1. The van der Waals surface area contributed by atoms with Crippen molar-refractivity contribution >= 4 is 33.6 Å². The Morgan fingerprint density at radius 1 is 1.00 bits per heavy atom. The number of piperazine rings is 1. The highest BCUT2D eigenvalue weighted by Gasteiger charge is 2.25. The second kappa shape index (κ2) is 12.6. The molecule has 0 aliphatic carbocycles. The normalized spacial score (nSPS) is 14.8. The van der Waals surface area contributed by atoms with Gasteiger partial charge in [0.15, 0.2) is 0 Å². The number of methoxy groups -OCH3 is 1. The SMILES string of the molecule is COc1ccc(C(=O)N2CCN(C/C=C/c3ccccc3)CC2)cc1CN(C)S(=O)(=O)c1ccc(Cl)cc1. The minimum atomic E-state index is -3.75. The van der Waals surface area contributed by atoms with Crippen LogP contribution in [0, 0.1) is 0 Å². The van der Waals surface area contributed by atoms with Gasteiger partial charge in [-0.15, -0.1) is 0 Å². The van der Waals surface area contributed by atoms with Crippen molar-refractivity contribution in [2.45, 2.75) is 11.4 Å². The van der Waals surface area contributed by atoms with Crippen LogP contribution < -0.4 is 4.74 Å². The molecule has 0 spiro atoms. The van der Waals surface area contributed by atoms with Gasteiger partial charge in [0.05, 0.1) is 12.0 Å². The number of rotatable bonds is 9. The Bertz CT molecular complexity index is 1370. The number of nitrogens with zero attached hydrogens (tertiary/aromatic N) is 3. The second-order valence-corrected chi connectivity index (χ2v) is 11.6. The molecule has 1 heterocycles. The van der Waals surface area contributed by atoms with Crippen molar-refractivity contribution in [3.63, 3.8) is 0 Å². The molecular weight excluding hydrogens is 522 g/mol. The first-order valence-electron chi connectivity index (χ1n) is 12.4. The number of benzene rings is 3. The lowest BCUT2D eigenvalue weighted by molar-refractivity contribution is 0.0650. The van der Waals surface area contributed by atoms with Crippen LogP contribution in [-0.2, 0) is 16.6 Å². The molecule has 1 aliphatic heterocycles. The van der Waals surface area contributed by atoms with Crippen LogP contribution in [0.5, 0.6) is 5.75 Å². The molecule has 0 radical (unpaired) electrons. The van der Waals surface area contributed by atoms with Gasteiger partial charge < -0.3 is 9.64 Å². The maximum Gasteiger partial charge on any atom is 0.253 e. The lowest BCUT2D eigenvalue weighted by Crippen LogP contribution is -2.48. The fourth-order valence-corrected chi connectivity index (χ4v) is 5.64. The molecule has 3 aromatic rings. The maximum absolute atomic E-state index is 13.3. The largest absolute Gasteiger partial charge is 0.496 e. The van der Waals surface area contributed by atoms with E-state index in [-0.39, 0.29) is 17.3 Å². The summed E-state index contributed by atoms with van der Waals surface area (Å²) in [6.45, 7) is 3.72. The highest BCUT2D eigenvalue weighted by atomic mass is 35.5. The first-order chi connectivity index (χ1) is 18.3. The Kier molecular flexibility index (Phi) is 9.22. The molecule has 0 atom stereocenters. The lowest BCUT2D eigenvalue weighted by Gasteiger charge is -2.34. The summed E-state index contributed by atoms with van der Waals surface area (Å²) in [5.41, 5.74) is 2.29. The number of carbonyl (C=O) groups excluding carboxylic acids is 1. The third-order valence-corrected chi connectivity index (χ3v) is 8.64. The molecule has 0 unspecified atom stereocenters. The van der Waals surface area contributed by atoms with E-state index in [2.05, 4.69) is 29.2 Å². The standard InChI is InChI=1S/C29H32ClN3O4S/c1-31(38(35,36)27-13-11-26(30)12-14-27)22-25-21-24(10-15-28(25)37-2)29(34)33-19-17-32(18-20-33)16-6-9-23-7-4-3-5-8-23/h3-15,21H,16-20,22H2,1-2H3/b9-6+. The molecule has 9 heteroatoms. The van der Waals surface area contributed by atoms with Gasteiger partial charge in [0.1, 0.15) is 5.75 Å². The summed E-state index contributed by atoms with van der Waals surface area (Å²) in [6, 6.07) is 21.4. The number of sulfonamides is 1. The zero-order valence-electron chi connectivity index (χ0n) is 21.6. The van der Waals surface area contributed by atoms with Crippen LogP contribution in [0.1, 0.15) is 21.5 Å². The van der Waals surface area contributed by atoms with Gasteiger partial charge >= 0.3 is 0 Å². The predicted octanol–water partition coefficient (Wildman–Crippen LogP) is 4.64. The zero-order valence-corrected chi connectivity index (χ0v) is 23.2. The Balaban J connectivity index is 1.39. The lowest BCUT2D eigenvalue weighted by atomic mass is 10.1. The van der Waals surface area contributed by atoms with Crippen LogP contribution in [-0.4, -0.2) is 75.3 Å². The van der Waals surface area contributed by atoms with E-state index >= 15 is 0 Å². The van der Waals surface area contributed by atoms with Crippen molar-refractivity contribution in [1.82, 2.24) is 14.1 Å². The van der Waals surface area contributed by atoms with E-state index in [0.29, 0.717) is 35.0 Å². The molecule has 0 aromatic heterocycles. The average molecular weight is 554 g/mol. The predicted molar refractivity (Wildman–Crippen MR) is 151 cm³/mol. The Morgan fingerprint density at radius 3 is 2.34 bits per heavy atom. The first-order valence-corrected chi connectivity index (χ1v) is 14.2. The van der Waals surface area contributed by atoms with Crippen molar-refractivity contribution in [3.05, 3.63) is 101 Å². The molecule has 0 bridgehead atoms. The molecule has 1 amide bonds. The van der Waals surface area contributed by atoms with Crippen LogP contribution in [0.25, 0.3) is 6.08 Å². The highest BCUT2D eigenvalue weighted by molar-refractivity contribution is 7.89. The summed E-state index contributed by atoms with van der Waals surface area (Å²) < 4.78 is 32.8. The van der Waals surface area contributed by atoms with E-state index in [0.717, 1.165) is 19.6 Å². The van der Waals surface area contributed by atoms with Crippen LogP contribution in [0.3, 0.4) is 0 Å². The second-order valence-electron chi connectivity index (χ2n) is 9.15. The number of amides is 1. The van der Waals surface area contributed by atoms with Gasteiger partial charge in [0, 0.05) is 62.5 Å². The number of carbonyl (C=O) groups is 1. The molecule has 0 N–H and O–H groups in total. The molecule has 7 nitrogen and oxygen atoms in total. The van der Waals surface area contributed by atoms with Crippen molar-refractivity contribution in [2.75, 3.05) is 46.9 Å². The van der Waals surface area contributed by atoms with Gasteiger partial charge in [-0.3, -0.25) is 9.69 Å². The highest BCUT2D eigenvalue weighted by Crippen LogP contribution is 2.25. The topological polar surface area (TPSA) is 70.2 Å². The molecule has 0 saturated carbocycles. The molecule has 1 saturated heterocycles. The third-order valence-electron chi connectivity index (χ3n) is 6.58. The van der Waals surface area contributed by atoms with Gasteiger partial charge in [0.2, 0.25) is 10.0 Å². The van der Waals surface area contributed by atoms with E-state index in [1.165, 1.54) is 36.2 Å². The summed E-state index contributed by atoms with van der Waals surface area (Å²) >= 11 is 5.91. The van der Waals surface area contributed by atoms with Crippen LogP contribution in [0.2, 0.25) is 5.02 Å². The van der Waals surface area contributed by atoms with E-state index in [9.17, 15) is 13.2 Å². The van der Waals surface area contributed by atoms with Gasteiger partial charge in [-0.05, 0) is 48.0 Å². The van der Waals surface area contributed by atoms with E-state index < -0.39 is 10.0 Å². The fraction of sp³-hybridized carbons (Fsp3) is 0.276. The minimum Gasteiger partial charge on any atom is -0.496 e. The van der Waals surface area contributed by atoms with Crippen LogP contribution >= 0.6 is 11.6 Å². The van der Waals surface area contributed by atoms with Crippen molar-refractivity contribution in [3.8, 4) is 5.75 Å². The summed E-state index contributed by atoms with van der Waals surface area (Å²) in [5.74, 6) is 0.450. The van der Waals surface area contributed by atoms with Gasteiger partial charge in [-0.2, -0.15) is 4.31 Å². The molecule has 4 rings (SSSR count). The molecule has 1 fully saturated rings. The summed E-state index contributed by atoms with van der Waals surface area (Å²) in [5, 5.41) is 0.462. The fourth-order valence-electron chi connectivity index (χ4n) is 4.36. The van der Waals surface area contributed by atoms with E-state index in [1.54, 1.807) is 30.3 Å². The Hall–Kier alpha value is -3.17. The first kappa shape index (κ1) is 27.9. The maximum atomic E-state index is 13.3. The molecule has 3 aromatic carbocycles. The number of ether oxygens (including phenoxy) is 1. The summed E-state index contributed by atoms with van der Waals surface area (Å²) in [7, 11) is -0.721. The van der Waals surface area contributed by atoms with Crippen molar-refractivity contribution in [1.29, 1.82) is 0 Å². The van der Waals surface area contributed by atoms with Gasteiger partial charge in [-0.25, -0.2) is 8.42 Å². The Morgan fingerprint density at radius 2 is 1.68 bits per heavy atom. The van der Waals surface area contributed by atoms with Gasteiger partial charge in [0.25, 0.3) is 5.91 Å². The molecule has 200 valence electrons. The summed E-state index contributed by atoms with van der Waals surface area (Å²) in [4.78, 5) is 17.6. The van der Waals surface area contributed by atoms with Crippen LogP contribution in [0.4, 0.5) is 0 Å². The average Bonchev–Trinajstić information content (AvgIpc) is 2.94. The smallest absolute Gasteiger partial charge is 0.253 e. The molecular formula is C29H32ClN3O4S. The summed E-state index contributed by atoms with van der Waals surface area (Å²) in [6.07, 6.45) is 4.26. The monoisotopic (exact) mass is 553 g/mol. The minimum absolute atomic E-state index is 0.0524. The van der Waals surface area contributed by atoms with E-state index in [4.69, 9.17) is 16.3 Å². The molecule has 38 heavy (non-hydrogen) atoms. The van der Waals surface area contributed by atoms with Crippen molar-refractivity contribution in [2.24, 2.45) is 0 Å². The van der Waals surface area contributed by atoms with Crippen LogP contribution in [0.15, 0.2) is 83.8 Å². The number of hydrogen-bond acceptors (Lipinski definition) is 5. The number of hydrogen-bond donors (Lipinski definition) is 0. The third kappa shape index (κ3) is 6.82. The Labute approximate surface area is 229 Å². The van der Waals surface area contributed by atoms with Gasteiger partial charge in [-0.1, -0.05) is 54.1 Å². The quantitative estimate of drug-likeness (QED) is 0.386. The van der Waals surface area contributed by atoms with Crippen molar-refractivity contribution < 1.29 is 17.9 Å². The van der Waals surface area contributed by atoms with E-state index in [1.807, 2.05) is 23.1 Å². The molecule has 1 aliphatic rings. The zero-order chi connectivity index (χ0) is 27.1.